The van der Waals surface area contributed by atoms with E-state index < -0.39 is 12.1 Å². The molecule has 2 aliphatic carbocycles. The van der Waals surface area contributed by atoms with E-state index in [9.17, 15) is 8.78 Å². The molecule has 3 unspecified atom stereocenters. The van der Waals surface area contributed by atoms with E-state index >= 15 is 0 Å². The smallest absolute Gasteiger partial charge is 0.107 e. The van der Waals surface area contributed by atoms with Crippen LogP contribution in [0.4, 0.5) is 8.78 Å². The van der Waals surface area contributed by atoms with Crippen LogP contribution in [0.25, 0.3) is 0 Å². The SMILES string of the molecule is CCCC1C([C@H]2C=C=CC2)=C(F)C1C(C)F. The van der Waals surface area contributed by atoms with Gasteiger partial charge in [0.05, 0.1) is 0 Å². The molecule has 0 heterocycles. The number of rotatable bonds is 4. The summed E-state index contributed by atoms with van der Waals surface area (Å²) in [5.41, 5.74) is 3.85. The van der Waals surface area contributed by atoms with Gasteiger partial charge in [-0.1, -0.05) is 13.3 Å². The van der Waals surface area contributed by atoms with Crippen molar-refractivity contribution in [2.75, 3.05) is 0 Å². The monoisotopic (exact) mass is 224 g/mol. The van der Waals surface area contributed by atoms with Gasteiger partial charge in [-0.25, -0.2) is 8.78 Å². The molecule has 88 valence electrons. The largest absolute Gasteiger partial charge is 0.247 e. The van der Waals surface area contributed by atoms with Crippen molar-refractivity contribution in [1.82, 2.24) is 0 Å². The molecule has 4 atom stereocenters. The minimum absolute atomic E-state index is 0.111. The molecule has 0 saturated carbocycles. The van der Waals surface area contributed by atoms with Crippen LogP contribution in [0.5, 0.6) is 0 Å². The number of alkyl halides is 1. The van der Waals surface area contributed by atoms with Gasteiger partial charge in [-0.05, 0) is 43.4 Å². The van der Waals surface area contributed by atoms with E-state index in [-0.39, 0.29) is 17.7 Å². The van der Waals surface area contributed by atoms with Gasteiger partial charge >= 0.3 is 0 Å². The van der Waals surface area contributed by atoms with Gasteiger partial charge in [-0.2, -0.15) is 0 Å². The second kappa shape index (κ2) is 4.55. The van der Waals surface area contributed by atoms with Crippen molar-refractivity contribution in [2.24, 2.45) is 17.8 Å². The fourth-order valence-corrected chi connectivity index (χ4v) is 2.93. The molecule has 0 aromatic carbocycles. The van der Waals surface area contributed by atoms with Gasteiger partial charge in [-0.15, -0.1) is 5.73 Å². The van der Waals surface area contributed by atoms with Gasteiger partial charge in [0.25, 0.3) is 0 Å². The highest BCUT2D eigenvalue weighted by Gasteiger charge is 2.45. The lowest BCUT2D eigenvalue weighted by Gasteiger charge is -2.41. The number of allylic oxidation sites excluding steroid dienone is 3. The molecule has 0 bridgehead atoms. The minimum Gasteiger partial charge on any atom is -0.247 e. The van der Waals surface area contributed by atoms with Crippen molar-refractivity contribution in [2.45, 2.75) is 39.3 Å². The molecule has 0 nitrogen and oxygen atoms in total. The third kappa shape index (κ3) is 1.76. The van der Waals surface area contributed by atoms with Crippen molar-refractivity contribution in [3.63, 3.8) is 0 Å². The Hall–Kier alpha value is -0.880. The Morgan fingerprint density at radius 3 is 2.81 bits per heavy atom. The molecule has 2 aliphatic rings. The lowest BCUT2D eigenvalue weighted by molar-refractivity contribution is 0.145. The predicted octanol–water partition coefficient (Wildman–Crippen LogP) is 4.35. The highest BCUT2D eigenvalue weighted by atomic mass is 19.1. The zero-order chi connectivity index (χ0) is 11.7. The molecule has 0 amide bonds. The molecular formula is C14H18F2. The van der Waals surface area contributed by atoms with Gasteiger partial charge in [-0.3, -0.25) is 0 Å². The first kappa shape index (κ1) is 11.6. The maximum Gasteiger partial charge on any atom is 0.107 e. The lowest BCUT2D eigenvalue weighted by Crippen LogP contribution is -2.37. The lowest BCUT2D eigenvalue weighted by atomic mass is 9.65. The minimum atomic E-state index is -1.07. The molecule has 2 heteroatoms. The summed E-state index contributed by atoms with van der Waals surface area (Å²) in [6, 6.07) is 0. The molecule has 16 heavy (non-hydrogen) atoms. The van der Waals surface area contributed by atoms with Crippen LogP contribution in [-0.2, 0) is 0 Å². The summed E-state index contributed by atoms with van der Waals surface area (Å²) in [6.07, 6.45) is 5.48. The normalized spacial score (nSPS) is 34.4. The fraction of sp³-hybridized carbons (Fsp3) is 0.643. The highest BCUT2D eigenvalue weighted by Crippen LogP contribution is 2.51. The Kier molecular flexibility index (Phi) is 3.30. The molecule has 0 spiro atoms. The number of hydrogen-bond acceptors (Lipinski definition) is 0. The van der Waals surface area contributed by atoms with Crippen LogP contribution in [0, 0.1) is 17.8 Å². The average Bonchev–Trinajstić information content (AvgIpc) is 2.70. The predicted molar refractivity (Wildman–Crippen MR) is 61.4 cm³/mol. The summed E-state index contributed by atoms with van der Waals surface area (Å²) in [7, 11) is 0. The van der Waals surface area contributed by atoms with Crippen LogP contribution < -0.4 is 0 Å². The van der Waals surface area contributed by atoms with Crippen molar-refractivity contribution in [3.05, 3.63) is 29.3 Å². The van der Waals surface area contributed by atoms with E-state index in [0.717, 1.165) is 24.8 Å². The quantitative estimate of drug-likeness (QED) is 0.623. The Balaban J connectivity index is 2.18. The van der Waals surface area contributed by atoms with Crippen molar-refractivity contribution in [1.29, 1.82) is 0 Å². The summed E-state index contributed by atoms with van der Waals surface area (Å²) in [4.78, 5) is 0. The van der Waals surface area contributed by atoms with Gasteiger partial charge < -0.3 is 0 Å². The second-order valence-electron chi connectivity index (χ2n) is 4.78. The van der Waals surface area contributed by atoms with Gasteiger partial charge in [0.15, 0.2) is 0 Å². The van der Waals surface area contributed by atoms with Crippen LogP contribution in [0.15, 0.2) is 29.3 Å². The molecule has 0 saturated heterocycles. The first-order chi connectivity index (χ1) is 7.66. The van der Waals surface area contributed by atoms with Gasteiger partial charge in [0.1, 0.15) is 12.0 Å². The molecule has 0 N–H and O–H groups in total. The molecule has 0 fully saturated rings. The molecule has 0 aromatic heterocycles. The van der Waals surface area contributed by atoms with E-state index in [0.29, 0.717) is 0 Å². The summed E-state index contributed by atoms with van der Waals surface area (Å²) in [6.45, 7) is 3.53. The zero-order valence-corrected chi connectivity index (χ0v) is 9.84. The van der Waals surface area contributed by atoms with Crippen LogP contribution in [-0.4, -0.2) is 6.17 Å². The van der Waals surface area contributed by atoms with Gasteiger partial charge in [0, 0.05) is 11.8 Å². The second-order valence-corrected chi connectivity index (χ2v) is 4.78. The molecule has 0 aliphatic heterocycles. The first-order valence-corrected chi connectivity index (χ1v) is 6.11. The van der Waals surface area contributed by atoms with Crippen LogP contribution in [0.2, 0.25) is 0 Å². The third-order valence-electron chi connectivity index (χ3n) is 3.68. The fourth-order valence-electron chi connectivity index (χ4n) is 2.93. The summed E-state index contributed by atoms with van der Waals surface area (Å²) >= 11 is 0. The van der Waals surface area contributed by atoms with E-state index in [2.05, 4.69) is 12.7 Å². The average molecular weight is 224 g/mol. The summed E-state index contributed by atoms with van der Waals surface area (Å²) in [5.74, 6) is -0.415. The molecule has 2 rings (SSSR count). The number of hydrogen-bond donors (Lipinski definition) is 0. The van der Waals surface area contributed by atoms with Crippen LogP contribution in [0.1, 0.15) is 33.1 Å². The topological polar surface area (TPSA) is 0 Å². The Bertz CT molecular complexity index is 359. The number of halogens is 2. The van der Waals surface area contributed by atoms with E-state index in [1.807, 2.05) is 12.2 Å². The third-order valence-corrected chi connectivity index (χ3v) is 3.68. The molecule has 0 aromatic rings. The van der Waals surface area contributed by atoms with E-state index in [4.69, 9.17) is 0 Å². The summed E-state index contributed by atoms with van der Waals surface area (Å²) < 4.78 is 27.2. The zero-order valence-electron chi connectivity index (χ0n) is 9.84. The summed E-state index contributed by atoms with van der Waals surface area (Å²) in [5, 5.41) is 0. The van der Waals surface area contributed by atoms with Crippen LogP contribution >= 0.6 is 0 Å². The Labute approximate surface area is 95.7 Å². The highest BCUT2D eigenvalue weighted by molar-refractivity contribution is 5.35. The van der Waals surface area contributed by atoms with Crippen molar-refractivity contribution >= 4 is 0 Å². The van der Waals surface area contributed by atoms with E-state index in [1.165, 1.54) is 6.92 Å². The van der Waals surface area contributed by atoms with E-state index in [1.54, 1.807) is 0 Å². The maximum absolute atomic E-state index is 13.9. The van der Waals surface area contributed by atoms with Gasteiger partial charge in [0.2, 0.25) is 0 Å². The van der Waals surface area contributed by atoms with Crippen molar-refractivity contribution in [3.8, 4) is 0 Å². The van der Waals surface area contributed by atoms with Crippen molar-refractivity contribution < 1.29 is 8.78 Å². The Morgan fingerprint density at radius 2 is 2.31 bits per heavy atom. The molecule has 0 radical (unpaired) electrons. The Morgan fingerprint density at radius 1 is 1.56 bits per heavy atom. The first-order valence-electron chi connectivity index (χ1n) is 6.11. The standard InChI is InChI=1S/C14H18F2/c1-3-6-11-12(9(2)15)14(16)13(11)10-7-4-5-8-10/h4,8-12H,3,6-7H2,1-2H3/t9?,10-,11?,12?/m1/s1. The molecular weight excluding hydrogens is 206 g/mol. The maximum atomic E-state index is 13.9. The van der Waals surface area contributed by atoms with Crippen LogP contribution in [0.3, 0.4) is 0 Å².